The molecule has 0 unspecified atom stereocenters. The summed E-state index contributed by atoms with van der Waals surface area (Å²) < 4.78 is 26.2. The molecule has 12 nitrogen and oxygen atoms in total. The van der Waals surface area contributed by atoms with Gasteiger partial charge in [0.2, 0.25) is 0 Å². The molecule has 2 saturated heterocycles. The Hall–Kier alpha value is -4.30. The molecule has 3 aliphatic heterocycles. The van der Waals surface area contributed by atoms with Crippen LogP contribution in [0.15, 0.2) is 54.3 Å². The summed E-state index contributed by atoms with van der Waals surface area (Å²) in [6.45, 7) is 5.51. The van der Waals surface area contributed by atoms with Gasteiger partial charge in [-0.3, -0.25) is 14.9 Å². The number of ether oxygens (including phenoxy) is 4. The van der Waals surface area contributed by atoms with E-state index in [2.05, 4.69) is 25.9 Å². The Bertz CT molecular complexity index is 1940. The zero-order chi connectivity index (χ0) is 32.1. The number of fused-ring (bicyclic) bond motifs is 2. The molecular weight excluding hydrogens is 644 g/mol. The molecule has 0 amide bonds. The summed E-state index contributed by atoms with van der Waals surface area (Å²) in [5.41, 5.74) is 4.50. The van der Waals surface area contributed by atoms with Crippen molar-refractivity contribution in [1.82, 2.24) is 29.4 Å². The number of aromatic nitrogens is 5. The minimum absolute atomic E-state index is 0.0879. The highest BCUT2D eigenvalue weighted by molar-refractivity contribution is 7.09. The molecule has 0 radical (unpaired) electrons. The van der Waals surface area contributed by atoms with Crippen LogP contribution in [-0.2, 0) is 23.6 Å². The molecule has 8 rings (SSSR count). The molecule has 0 bridgehead atoms. The Labute approximate surface area is 278 Å². The number of likely N-dealkylation sites (tertiary alicyclic amines) is 1. The number of carboxylic acid groups (broad SMARTS) is 1. The van der Waals surface area contributed by atoms with E-state index >= 15 is 0 Å². The van der Waals surface area contributed by atoms with E-state index in [0.717, 1.165) is 47.9 Å². The van der Waals surface area contributed by atoms with Crippen molar-refractivity contribution < 1.29 is 28.8 Å². The van der Waals surface area contributed by atoms with E-state index in [4.69, 9.17) is 35.5 Å². The first-order chi connectivity index (χ1) is 22.8. The molecule has 3 aliphatic rings. The van der Waals surface area contributed by atoms with Crippen molar-refractivity contribution in [3.8, 4) is 17.2 Å². The number of benzene rings is 1. The number of nitrogens with zero attached hydrogens (tertiary/aromatic N) is 6. The second-order valence-corrected chi connectivity index (χ2v) is 13.5. The van der Waals surface area contributed by atoms with Gasteiger partial charge >= 0.3 is 5.97 Å². The number of pyridine rings is 2. The lowest BCUT2D eigenvalue weighted by Gasteiger charge is -2.32. The first-order valence-corrected chi connectivity index (χ1v) is 16.7. The number of rotatable bonds is 9. The highest BCUT2D eigenvalue weighted by atomic mass is 35.5. The number of hydrogen-bond acceptors (Lipinski definition) is 11. The lowest BCUT2D eigenvalue weighted by Crippen LogP contribution is -2.38. The van der Waals surface area contributed by atoms with Gasteiger partial charge in [-0.1, -0.05) is 23.7 Å². The Balaban J connectivity index is 1.04. The number of halogens is 1. The topological polar surface area (TPSA) is 134 Å². The summed E-state index contributed by atoms with van der Waals surface area (Å²) in [6, 6.07) is 11.1. The normalized spacial score (nSPS) is 20.0. The number of carboxylic acids is 1. The average molecular weight is 675 g/mol. The van der Waals surface area contributed by atoms with Gasteiger partial charge < -0.3 is 28.6 Å². The van der Waals surface area contributed by atoms with Crippen molar-refractivity contribution in [2.24, 2.45) is 0 Å². The van der Waals surface area contributed by atoms with Crippen LogP contribution in [0.25, 0.3) is 11.2 Å². The van der Waals surface area contributed by atoms with Crippen molar-refractivity contribution >= 4 is 40.1 Å². The van der Waals surface area contributed by atoms with Crippen LogP contribution < -0.4 is 14.2 Å². The van der Waals surface area contributed by atoms with Gasteiger partial charge in [-0.25, -0.2) is 14.8 Å². The van der Waals surface area contributed by atoms with E-state index in [-0.39, 0.29) is 17.7 Å². The van der Waals surface area contributed by atoms with E-state index in [1.165, 1.54) is 17.4 Å². The van der Waals surface area contributed by atoms with E-state index < -0.39 is 11.8 Å². The third-order valence-electron chi connectivity index (χ3n) is 8.86. The van der Waals surface area contributed by atoms with E-state index in [1.807, 2.05) is 35.9 Å². The third kappa shape index (κ3) is 5.77. The molecule has 1 atom stereocenters. The van der Waals surface area contributed by atoms with Crippen LogP contribution in [-0.4, -0.2) is 72.9 Å². The van der Waals surface area contributed by atoms with E-state index in [1.54, 1.807) is 17.8 Å². The number of aromatic carboxylic acids is 1. The zero-order valence-electron chi connectivity index (χ0n) is 25.5. The molecule has 0 saturated carbocycles. The van der Waals surface area contributed by atoms with Crippen LogP contribution in [0.5, 0.6) is 17.2 Å². The van der Waals surface area contributed by atoms with Crippen LogP contribution in [0.2, 0.25) is 5.02 Å². The van der Waals surface area contributed by atoms with Gasteiger partial charge in [0, 0.05) is 35.8 Å². The summed E-state index contributed by atoms with van der Waals surface area (Å²) in [6.07, 6.45) is 5.10. The standard InChI is InChI=1S/C33H31ClN6O6S/c1-33(27-6-5-20(34)12-36-27)45-25-4-2-3-23(30(25)46-33)19-7-9-39(10-8-19)15-28-38-29-26(44-21-16-43-17-21)11-24(32(41)42)37-31(29)40(28)14-22-13-35-18-47-22/h2-6,11-13,18-19,21H,7-10,14-17H2,1H3,(H,41,42)/t33-/m0/s1. The Morgan fingerprint density at radius 3 is 2.68 bits per heavy atom. The van der Waals surface area contributed by atoms with Gasteiger partial charge in [-0.15, -0.1) is 11.3 Å². The number of carbonyl (C=O) groups is 1. The monoisotopic (exact) mass is 674 g/mol. The summed E-state index contributed by atoms with van der Waals surface area (Å²) >= 11 is 7.60. The number of para-hydroxylation sites is 1. The van der Waals surface area contributed by atoms with Crippen LogP contribution >= 0.6 is 22.9 Å². The third-order valence-corrected chi connectivity index (χ3v) is 9.85. The SMILES string of the molecule is C[C@]1(c2ccc(Cl)cn2)Oc2cccc(C3CCN(Cc4nc5c(OC6COC6)cc(C(=O)O)nc5n4Cc4cncs4)CC3)c2O1. The van der Waals surface area contributed by atoms with Crippen molar-refractivity contribution in [1.29, 1.82) is 0 Å². The molecule has 2 fully saturated rings. The Morgan fingerprint density at radius 2 is 1.98 bits per heavy atom. The maximum absolute atomic E-state index is 12.0. The average Bonchev–Trinajstić information content (AvgIpc) is 3.77. The molecule has 7 heterocycles. The molecule has 242 valence electrons. The quantitative estimate of drug-likeness (QED) is 0.213. The Morgan fingerprint density at radius 1 is 1.13 bits per heavy atom. The summed E-state index contributed by atoms with van der Waals surface area (Å²) in [5.74, 6) is 0.795. The fraction of sp³-hybridized carbons (Fsp3) is 0.364. The summed E-state index contributed by atoms with van der Waals surface area (Å²) in [4.78, 5) is 33.6. The van der Waals surface area contributed by atoms with Crippen LogP contribution in [0.4, 0.5) is 0 Å². The first-order valence-electron chi connectivity index (χ1n) is 15.4. The number of imidazole rings is 1. The van der Waals surface area contributed by atoms with E-state index in [9.17, 15) is 9.90 Å². The van der Waals surface area contributed by atoms with E-state index in [0.29, 0.717) is 59.7 Å². The molecule has 14 heteroatoms. The molecule has 0 aliphatic carbocycles. The number of thiazole rings is 1. The summed E-state index contributed by atoms with van der Waals surface area (Å²) in [7, 11) is 0. The highest BCUT2D eigenvalue weighted by Crippen LogP contribution is 2.49. The van der Waals surface area contributed by atoms with Crippen molar-refractivity contribution in [3.05, 3.63) is 87.0 Å². The lowest BCUT2D eigenvalue weighted by molar-refractivity contribution is -0.0792. The summed E-state index contributed by atoms with van der Waals surface area (Å²) in [5, 5.41) is 10.4. The Kier molecular flexibility index (Phi) is 7.71. The molecule has 1 N–H and O–H groups in total. The van der Waals surface area contributed by atoms with Crippen molar-refractivity contribution in [2.75, 3.05) is 26.3 Å². The molecule has 5 aromatic rings. The predicted octanol–water partition coefficient (Wildman–Crippen LogP) is 5.48. The fourth-order valence-corrected chi connectivity index (χ4v) is 7.05. The predicted molar refractivity (Wildman–Crippen MR) is 172 cm³/mol. The molecule has 0 spiro atoms. The van der Waals surface area contributed by atoms with Crippen LogP contribution in [0.1, 0.15) is 58.1 Å². The van der Waals surface area contributed by atoms with Crippen LogP contribution in [0, 0.1) is 0 Å². The first kappa shape index (κ1) is 30.1. The molecular formula is C33H31ClN6O6S. The second kappa shape index (κ2) is 12.1. The minimum atomic E-state index is -1.12. The van der Waals surface area contributed by atoms with Gasteiger partial charge in [-0.2, -0.15) is 0 Å². The lowest BCUT2D eigenvalue weighted by atomic mass is 9.88. The minimum Gasteiger partial charge on any atom is -0.483 e. The zero-order valence-corrected chi connectivity index (χ0v) is 27.0. The molecule has 4 aromatic heterocycles. The van der Waals surface area contributed by atoms with Crippen molar-refractivity contribution in [3.63, 3.8) is 0 Å². The number of piperidine rings is 1. The largest absolute Gasteiger partial charge is 0.483 e. The van der Waals surface area contributed by atoms with Gasteiger partial charge in [0.15, 0.2) is 34.1 Å². The second-order valence-electron chi connectivity index (χ2n) is 12.1. The number of hydrogen-bond donors (Lipinski definition) is 1. The molecule has 1 aromatic carbocycles. The van der Waals surface area contributed by atoms with Gasteiger partial charge in [0.05, 0.1) is 36.8 Å². The molecule has 47 heavy (non-hydrogen) atoms. The van der Waals surface area contributed by atoms with Crippen molar-refractivity contribution in [2.45, 2.75) is 50.7 Å². The maximum Gasteiger partial charge on any atom is 0.354 e. The highest BCUT2D eigenvalue weighted by Gasteiger charge is 2.42. The van der Waals surface area contributed by atoms with Gasteiger partial charge in [-0.05, 0) is 50.0 Å². The smallest absolute Gasteiger partial charge is 0.354 e. The maximum atomic E-state index is 12.0. The fourth-order valence-electron chi connectivity index (χ4n) is 6.35. The van der Waals surface area contributed by atoms with Gasteiger partial charge in [0.1, 0.15) is 17.6 Å². The van der Waals surface area contributed by atoms with Crippen LogP contribution in [0.3, 0.4) is 0 Å². The van der Waals surface area contributed by atoms with Gasteiger partial charge in [0.25, 0.3) is 5.79 Å².